The van der Waals surface area contributed by atoms with E-state index in [2.05, 4.69) is 10.5 Å². The molecule has 0 saturated carbocycles. The van der Waals surface area contributed by atoms with Gasteiger partial charge in [-0.1, -0.05) is 13.3 Å². The second-order valence-electron chi connectivity index (χ2n) is 5.03. The second kappa shape index (κ2) is 11.3. The summed E-state index contributed by atoms with van der Waals surface area (Å²) >= 11 is 0. The van der Waals surface area contributed by atoms with Crippen LogP contribution < -0.4 is 19.6 Å². The van der Waals surface area contributed by atoms with Crippen LogP contribution in [0.5, 0.6) is 17.2 Å². The highest BCUT2D eigenvalue weighted by molar-refractivity contribution is 5.86. The first-order valence-corrected chi connectivity index (χ1v) is 8.54. The SMILES string of the molecule is CCCCC(=O)N/N=C\c1cc(OCC)c(OCC)cc1OCC. The summed E-state index contributed by atoms with van der Waals surface area (Å²) in [6, 6.07) is 3.60. The maximum absolute atomic E-state index is 11.6. The maximum atomic E-state index is 11.6. The van der Waals surface area contributed by atoms with E-state index in [1.165, 1.54) is 0 Å². The number of rotatable bonds is 11. The Bertz CT molecular complexity index is 544. The van der Waals surface area contributed by atoms with Gasteiger partial charge < -0.3 is 14.2 Å². The van der Waals surface area contributed by atoms with Crippen LogP contribution in [-0.4, -0.2) is 31.9 Å². The number of amides is 1. The van der Waals surface area contributed by atoms with Gasteiger partial charge in [-0.15, -0.1) is 0 Å². The fraction of sp³-hybridized carbons (Fsp3) is 0.556. The smallest absolute Gasteiger partial charge is 0.240 e. The van der Waals surface area contributed by atoms with Crippen molar-refractivity contribution in [3.05, 3.63) is 17.7 Å². The number of nitrogens with one attached hydrogen (secondary N) is 1. The lowest BCUT2D eigenvalue weighted by Gasteiger charge is -2.15. The summed E-state index contributed by atoms with van der Waals surface area (Å²) < 4.78 is 16.9. The third-order valence-corrected chi connectivity index (χ3v) is 3.13. The topological polar surface area (TPSA) is 69.2 Å². The van der Waals surface area contributed by atoms with Crippen molar-refractivity contribution in [3.8, 4) is 17.2 Å². The predicted octanol–water partition coefficient (Wildman–Crippen LogP) is 3.52. The molecule has 1 aromatic carbocycles. The molecule has 134 valence electrons. The zero-order valence-corrected chi connectivity index (χ0v) is 15.1. The number of carbonyl (C=O) groups is 1. The van der Waals surface area contributed by atoms with Crippen LogP contribution in [0.3, 0.4) is 0 Å². The number of carbonyl (C=O) groups excluding carboxylic acids is 1. The summed E-state index contributed by atoms with van der Waals surface area (Å²) in [5.41, 5.74) is 3.25. The third kappa shape index (κ3) is 6.48. The van der Waals surface area contributed by atoms with E-state index in [1.807, 2.05) is 27.7 Å². The van der Waals surface area contributed by atoms with Gasteiger partial charge in [-0.3, -0.25) is 4.79 Å². The van der Waals surface area contributed by atoms with E-state index in [1.54, 1.807) is 18.3 Å². The number of hydrogen-bond acceptors (Lipinski definition) is 5. The summed E-state index contributed by atoms with van der Waals surface area (Å²) in [4.78, 5) is 11.6. The van der Waals surface area contributed by atoms with Crippen molar-refractivity contribution < 1.29 is 19.0 Å². The lowest BCUT2D eigenvalue weighted by Crippen LogP contribution is -2.16. The summed E-state index contributed by atoms with van der Waals surface area (Å²) in [7, 11) is 0. The number of benzene rings is 1. The second-order valence-corrected chi connectivity index (χ2v) is 5.03. The molecule has 0 aromatic heterocycles. The molecule has 0 spiro atoms. The van der Waals surface area contributed by atoms with Crippen LogP contribution in [0.25, 0.3) is 0 Å². The van der Waals surface area contributed by atoms with Gasteiger partial charge in [-0.2, -0.15) is 5.10 Å². The van der Waals surface area contributed by atoms with Crippen molar-refractivity contribution in [2.24, 2.45) is 5.10 Å². The lowest BCUT2D eigenvalue weighted by molar-refractivity contribution is -0.121. The minimum atomic E-state index is -0.0953. The average molecular weight is 336 g/mol. The van der Waals surface area contributed by atoms with Crippen molar-refractivity contribution in [1.82, 2.24) is 5.43 Å². The Kier molecular flexibility index (Phi) is 9.34. The highest BCUT2D eigenvalue weighted by Crippen LogP contribution is 2.34. The van der Waals surface area contributed by atoms with Crippen LogP contribution in [0, 0.1) is 0 Å². The molecule has 0 saturated heterocycles. The number of ether oxygens (including phenoxy) is 3. The van der Waals surface area contributed by atoms with E-state index in [0.717, 1.165) is 18.4 Å². The lowest BCUT2D eigenvalue weighted by atomic mass is 10.2. The third-order valence-electron chi connectivity index (χ3n) is 3.13. The first kappa shape index (κ1) is 19.8. The van der Waals surface area contributed by atoms with Crippen LogP contribution in [0.4, 0.5) is 0 Å². The first-order chi connectivity index (χ1) is 11.7. The summed E-state index contributed by atoms with van der Waals surface area (Å²) in [6.45, 7) is 9.35. The molecule has 0 fully saturated rings. The average Bonchev–Trinajstić information content (AvgIpc) is 2.57. The Morgan fingerprint density at radius 3 is 2.17 bits per heavy atom. The van der Waals surface area contributed by atoms with Crippen LogP contribution in [0.2, 0.25) is 0 Å². The molecule has 0 aliphatic rings. The van der Waals surface area contributed by atoms with Crippen molar-refractivity contribution >= 4 is 12.1 Å². The van der Waals surface area contributed by atoms with Gasteiger partial charge in [0.1, 0.15) is 5.75 Å². The number of nitrogens with zero attached hydrogens (tertiary/aromatic N) is 1. The van der Waals surface area contributed by atoms with Crippen molar-refractivity contribution in [2.45, 2.75) is 47.0 Å². The van der Waals surface area contributed by atoms with Gasteiger partial charge in [0.2, 0.25) is 5.91 Å². The van der Waals surface area contributed by atoms with Gasteiger partial charge in [0.15, 0.2) is 11.5 Å². The summed E-state index contributed by atoms with van der Waals surface area (Å²) in [5.74, 6) is 1.80. The highest BCUT2D eigenvalue weighted by Gasteiger charge is 2.12. The Morgan fingerprint density at radius 2 is 1.58 bits per heavy atom. The number of hydrogen-bond donors (Lipinski definition) is 1. The molecule has 0 aliphatic heterocycles. The number of hydrazone groups is 1. The molecule has 0 heterocycles. The van der Waals surface area contributed by atoms with Crippen molar-refractivity contribution in [2.75, 3.05) is 19.8 Å². The molecule has 0 radical (unpaired) electrons. The van der Waals surface area contributed by atoms with E-state index in [0.29, 0.717) is 43.5 Å². The molecule has 24 heavy (non-hydrogen) atoms. The van der Waals surface area contributed by atoms with E-state index >= 15 is 0 Å². The fourth-order valence-corrected chi connectivity index (χ4v) is 2.04. The normalized spacial score (nSPS) is 10.7. The Labute approximate surface area is 144 Å². The molecular formula is C18H28N2O4. The van der Waals surface area contributed by atoms with E-state index in [4.69, 9.17) is 14.2 Å². The molecule has 0 unspecified atom stereocenters. The van der Waals surface area contributed by atoms with Crippen LogP contribution >= 0.6 is 0 Å². The van der Waals surface area contributed by atoms with E-state index < -0.39 is 0 Å². The van der Waals surface area contributed by atoms with Gasteiger partial charge in [0.05, 0.1) is 26.0 Å². The van der Waals surface area contributed by atoms with Gasteiger partial charge >= 0.3 is 0 Å². The largest absolute Gasteiger partial charge is 0.493 e. The fourth-order valence-electron chi connectivity index (χ4n) is 2.04. The monoisotopic (exact) mass is 336 g/mol. The van der Waals surface area contributed by atoms with Crippen molar-refractivity contribution in [1.29, 1.82) is 0 Å². The summed E-state index contributed by atoms with van der Waals surface area (Å²) in [5, 5.41) is 4.01. The number of unbranched alkanes of at least 4 members (excludes halogenated alkanes) is 1. The van der Waals surface area contributed by atoms with Crippen molar-refractivity contribution in [3.63, 3.8) is 0 Å². The highest BCUT2D eigenvalue weighted by atomic mass is 16.5. The van der Waals surface area contributed by atoms with Gasteiger partial charge in [0, 0.05) is 18.1 Å². The zero-order chi connectivity index (χ0) is 17.8. The standard InChI is InChI=1S/C18H28N2O4/c1-5-9-10-18(21)20-19-13-14-11-16(23-7-3)17(24-8-4)12-15(14)22-6-2/h11-13H,5-10H2,1-4H3,(H,20,21)/b19-13-. The quantitative estimate of drug-likeness (QED) is 0.496. The maximum Gasteiger partial charge on any atom is 0.240 e. The molecule has 0 atom stereocenters. The Balaban J connectivity index is 2.97. The Morgan fingerprint density at radius 1 is 1.00 bits per heavy atom. The van der Waals surface area contributed by atoms with Gasteiger partial charge in [0.25, 0.3) is 0 Å². The first-order valence-electron chi connectivity index (χ1n) is 8.54. The minimum absolute atomic E-state index is 0.0953. The zero-order valence-electron chi connectivity index (χ0n) is 15.1. The van der Waals surface area contributed by atoms with Crippen LogP contribution in [-0.2, 0) is 4.79 Å². The van der Waals surface area contributed by atoms with E-state index in [9.17, 15) is 4.79 Å². The molecule has 6 heteroatoms. The molecule has 1 N–H and O–H groups in total. The van der Waals surface area contributed by atoms with E-state index in [-0.39, 0.29) is 5.91 Å². The summed E-state index contributed by atoms with van der Waals surface area (Å²) in [6.07, 6.45) is 3.86. The molecule has 1 amide bonds. The molecular weight excluding hydrogens is 308 g/mol. The molecule has 1 rings (SSSR count). The predicted molar refractivity (Wildman–Crippen MR) is 95.2 cm³/mol. The molecule has 6 nitrogen and oxygen atoms in total. The van der Waals surface area contributed by atoms with Crippen LogP contribution in [0.15, 0.2) is 17.2 Å². The van der Waals surface area contributed by atoms with Crippen LogP contribution in [0.1, 0.15) is 52.5 Å². The minimum Gasteiger partial charge on any atom is -0.493 e. The van der Waals surface area contributed by atoms with Gasteiger partial charge in [-0.25, -0.2) is 5.43 Å². The Hall–Kier alpha value is -2.24. The van der Waals surface area contributed by atoms with Gasteiger partial charge in [-0.05, 0) is 33.3 Å². The molecule has 0 bridgehead atoms. The molecule has 1 aromatic rings. The molecule has 0 aliphatic carbocycles.